The van der Waals surface area contributed by atoms with Crippen LogP contribution in [-0.4, -0.2) is 62.3 Å². The summed E-state index contributed by atoms with van der Waals surface area (Å²) in [6, 6.07) is 0. The standard InChI is InChI=1S/C30H48O6/c1-15-12-16-23(25(4,5)34)36-30(35-16)13-27(7)22-19(33)18(32)21-24(2,3)17(31)8-9-28(21)14-29(22,28)11-10-26(27,6)20(15)30/h15-23,31-34H,8-14H2,1-7H3/t15-,16+,17+,18+,19+,20-,21+,22+,23-,26-,27+,28-,29+,30-/m1/s1. The molecule has 36 heavy (non-hydrogen) atoms. The number of ether oxygens (including phenoxy) is 2. The van der Waals surface area contributed by atoms with Gasteiger partial charge >= 0.3 is 0 Å². The van der Waals surface area contributed by atoms with E-state index in [1.807, 2.05) is 13.8 Å². The summed E-state index contributed by atoms with van der Waals surface area (Å²) in [6.07, 6.45) is 3.91. The first-order chi connectivity index (χ1) is 16.5. The van der Waals surface area contributed by atoms with Crippen molar-refractivity contribution in [3.63, 3.8) is 0 Å². The molecule has 0 unspecified atom stereocenters. The van der Waals surface area contributed by atoms with Crippen molar-refractivity contribution in [2.24, 2.45) is 50.7 Å². The summed E-state index contributed by atoms with van der Waals surface area (Å²) < 4.78 is 13.7. The van der Waals surface area contributed by atoms with Gasteiger partial charge in [0.05, 0.1) is 30.0 Å². The predicted molar refractivity (Wildman–Crippen MR) is 134 cm³/mol. The number of aliphatic hydroxyl groups is 4. The number of aliphatic hydroxyl groups excluding tert-OH is 3. The molecule has 6 nitrogen and oxygen atoms in total. The maximum Gasteiger partial charge on any atom is 0.173 e. The van der Waals surface area contributed by atoms with Crippen LogP contribution >= 0.6 is 0 Å². The summed E-state index contributed by atoms with van der Waals surface area (Å²) in [4.78, 5) is 0. The molecule has 6 heteroatoms. The zero-order valence-corrected chi connectivity index (χ0v) is 23.3. The van der Waals surface area contributed by atoms with Gasteiger partial charge in [-0.25, -0.2) is 0 Å². The normalized spacial score (nSPS) is 64.6. The highest BCUT2D eigenvalue weighted by Gasteiger charge is 2.88. The van der Waals surface area contributed by atoms with Crippen molar-refractivity contribution in [3.8, 4) is 0 Å². The Morgan fingerprint density at radius 2 is 1.42 bits per heavy atom. The lowest BCUT2D eigenvalue weighted by Gasteiger charge is -2.65. The minimum absolute atomic E-state index is 0.00299. The van der Waals surface area contributed by atoms with Gasteiger partial charge in [0.2, 0.25) is 0 Å². The summed E-state index contributed by atoms with van der Waals surface area (Å²) in [5.41, 5.74) is -1.76. The van der Waals surface area contributed by atoms with Crippen molar-refractivity contribution in [1.29, 1.82) is 0 Å². The third-order valence-corrected chi connectivity index (χ3v) is 14.0. The second-order valence-corrected chi connectivity index (χ2v) is 16.2. The molecular formula is C30H48O6. The fourth-order valence-electron chi connectivity index (χ4n) is 12.8. The van der Waals surface area contributed by atoms with Crippen LogP contribution in [0.15, 0.2) is 0 Å². The van der Waals surface area contributed by atoms with Crippen molar-refractivity contribution in [1.82, 2.24) is 0 Å². The van der Waals surface area contributed by atoms with Crippen LogP contribution in [0.3, 0.4) is 0 Å². The lowest BCUT2D eigenvalue weighted by atomic mass is 9.40. The average molecular weight is 505 g/mol. The largest absolute Gasteiger partial charge is 0.393 e. The van der Waals surface area contributed by atoms with E-state index < -0.39 is 35.1 Å². The minimum atomic E-state index is -0.984. The Labute approximate surface area is 216 Å². The average Bonchev–Trinajstić information content (AvgIpc) is 3.18. The molecule has 2 bridgehead atoms. The van der Waals surface area contributed by atoms with Crippen LogP contribution in [0.2, 0.25) is 0 Å². The van der Waals surface area contributed by atoms with E-state index in [2.05, 4.69) is 34.6 Å². The molecule has 14 atom stereocenters. The van der Waals surface area contributed by atoms with Gasteiger partial charge < -0.3 is 29.9 Å². The Bertz CT molecular complexity index is 990. The minimum Gasteiger partial charge on any atom is -0.393 e. The molecule has 204 valence electrons. The molecule has 0 aromatic rings. The Kier molecular flexibility index (Phi) is 4.51. The highest BCUT2D eigenvalue weighted by molar-refractivity contribution is 5.35. The molecule has 7 fully saturated rings. The summed E-state index contributed by atoms with van der Waals surface area (Å²) in [7, 11) is 0. The smallest absolute Gasteiger partial charge is 0.173 e. The Hall–Kier alpha value is -0.240. The summed E-state index contributed by atoms with van der Waals surface area (Å²) in [5.74, 6) is -0.269. The van der Waals surface area contributed by atoms with E-state index in [-0.39, 0.29) is 51.6 Å². The molecule has 2 heterocycles. The predicted octanol–water partition coefficient (Wildman–Crippen LogP) is 3.63. The molecule has 7 rings (SSSR count). The van der Waals surface area contributed by atoms with Crippen LogP contribution in [0, 0.1) is 50.7 Å². The lowest BCUT2D eigenvalue weighted by Crippen LogP contribution is -2.66. The molecule has 0 aromatic heterocycles. The van der Waals surface area contributed by atoms with E-state index in [1.54, 1.807) is 0 Å². The summed E-state index contributed by atoms with van der Waals surface area (Å²) in [5, 5.41) is 45.7. The Morgan fingerprint density at radius 1 is 0.778 bits per heavy atom. The fraction of sp³-hybridized carbons (Fsp3) is 1.00. The number of fused-ring (bicyclic) bond motifs is 4. The van der Waals surface area contributed by atoms with Crippen LogP contribution in [0.5, 0.6) is 0 Å². The fourth-order valence-corrected chi connectivity index (χ4v) is 12.8. The SMILES string of the molecule is C[C@@H]1C[C@@H]2O[C@]3(C[C@@]4(C)[C@@H]5[C@@H](O)[C@H](O)[C@H]6C(C)(C)[C@@H](O)CC[C@@]67C[C@@]57CC[C@]4(C)[C@@H]13)O[C@H]2C(C)(C)O. The van der Waals surface area contributed by atoms with E-state index in [1.165, 1.54) is 0 Å². The highest BCUT2D eigenvalue weighted by Crippen LogP contribution is 2.90. The van der Waals surface area contributed by atoms with Gasteiger partial charge in [-0.15, -0.1) is 0 Å². The molecule has 5 saturated carbocycles. The van der Waals surface area contributed by atoms with Gasteiger partial charge in [0.15, 0.2) is 5.79 Å². The first-order valence-electron chi connectivity index (χ1n) is 14.6. The molecule has 0 radical (unpaired) electrons. The zero-order chi connectivity index (χ0) is 26.1. The molecule has 5 aliphatic carbocycles. The van der Waals surface area contributed by atoms with E-state index in [0.29, 0.717) is 12.3 Å². The van der Waals surface area contributed by atoms with Gasteiger partial charge in [0.1, 0.15) is 6.10 Å². The third kappa shape index (κ3) is 2.40. The van der Waals surface area contributed by atoms with Gasteiger partial charge in [0.25, 0.3) is 0 Å². The molecule has 4 N–H and O–H groups in total. The van der Waals surface area contributed by atoms with E-state index in [9.17, 15) is 20.4 Å². The Balaban J connectivity index is 1.34. The monoisotopic (exact) mass is 504 g/mol. The van der Waals surface area contributed by atoms with Crippen molar-refractivity contribution in [2.45, 2.75) is 135 Å². The molecule has 7 aliphatic rings. The first-order valence-corrected chi connectivity index (χ1v) is 14.6. The van der Waals surface area contributed by atoms with Crippen LogP contribution in [0.25, 0.3) is 0 Å². The van der Waals surface area contributed by atoms with Crippen LogP contribution in [-0.2, 0) is 9.47 Å². The van der Waals surface area contributed by atoms with Gasteiger partial charge in [-0.2, -0.15) is 0 Å². The van der Waals surface area contributed by atoms with Gasteiger partial charge in [-0.05, 0) is 91.3 Å². The number of hydrogen-bond acceptors (Lipinski definition) is 6. The van der Waals surface area contributed by atoms with E-state index in [0.717, 1.165) is 38.5 Å². The molecule has 3 spiro atoms. The zero-order valence-electron chi connectivity index (χ0n) is 23.3. The van der Waals surface area contributed by atoms with Gasteiger partial charge in [-0.1, -0.05) is 34.6 Å². The van der Waals surface area contributed by atoms with Crippen LogP contribution in [0.1, 0.15) is 93.4 Å². The van der Waals surface area contributed by atoms with Crippen molar-refractivity contribution < 1.29 is 29.9 Å². The molecule has 0 amide bonds. The van der Waals surface area contributed by atoms with E-state index in [4.69, 9.17) is 9.47 Å². The third-order valence-electron chi connectivity index (χ3n) is 14.0. The van der Waals surface area contributed by atoms with Crippen molar-refractivity contribution in [2.75, 3.05) is 0 Å². The lowest BCUT2D eigenvalue weighted by molar-refractivity contribution is -0.248. The van der Waals surface area contributed by atoms with Crippen molar-refractivity contribution >= 4 is 0 Å². The molecule has 2 aliphatic heterocycles. The Morgan fingerprint density at radius 3 is 2.08 bits per heavy atom. The highest BCUT2D eigenvalue weighted by atomic mass is 16.8. The topological polar surface area (TPSA) is 99.4 Å². The van der Waals surface area contributed by atoms with Crippen molar-refractivity contribution in [3.05, 3.63) is 0 Å². The maximum atomic E-state index is 12.0. The van der Waals surface area contributed by atoms with Gasteiger partial charge in [0, 0.05) is 18.3 Å². The maximum absolute atomic E-state index is 12.0. The second-order valence-electron chi connectivity index (χ2n) is 16.2. The molecule has 2 saturated heterocycles. The summed E-state index contributed by atoms with van der Waals surface area (Å²) in [6.45, 7) is 15.0. The second kappa shape index (κ2) is 6.55. The molecular weight excluding hydrogens is 456 g/mol. The summed E-state index contributed by atoms with van der Waals surface area (Å²) >= 11 is 0. The molecule has 0 aromatic carbocycles. The van der Waals surface area contributed by atoms with E-state index >= 15 is 0 Å². The van der Waals surface area contributed by atoms with Crippen LogP contribution in [0.4, 0.5) is 0 Å². The van der Waals surface area contributed by atoms with Crippen LogP contribution < -0.4 is 0 Å². The first kappa shape index (κ1) is 24.8. The number of hydrogen-bond donors (Lipinski definition) is 4. The number of rotatable bonds is 1. The van der Waals surface area contributed by atoms with Gasteiger partial charge in [-0.3, -0.25) is 0 Å². The quantitative estimate of drug-likeness (QED) is 0.435.